The Morgan fingerprint density at radius 2 is 1.75 bits per heavy atom. The van der Waals surface area contributed by atoms with Gasteiger partial charge in [0.15, 0.2) is 0 Å². The van der Waals surface area contributed by atoms with Crippen LogP contribution in [0.2, 0.25) is 0 Å². The highest BCUT2D eigenvalue weighted by atomic mass is 16.3. The fraction of sp³-hybridized carbons (Fsp3) is 0.571. The minimum Gasteiger partial charge on any atom is -0.384 e. The lowest BCUT2D eigenvalue weighted by molar-refractivity contribution is 0.0527. The molecule has 2 heteroatoms. The zero-order valence-electron chi connectivity index (χ0n) is 10.7. The van der Waals surface area contributed by atoms with Crippen molar-refractivity contribution in [3.63, 3.8) is 0 Å². The van der Waals surface area contributed by atoms with Crippen molar-refractivity contribution < 1.29 is 5.11 Å². The van der Waals surface area contributed by atoms with Crippen LogP contribution in [-0.4, -0.2) is 17.7 Å². The van der Waals surface area contributed by atoms with Crippen LogP contribution in [0.5, 0.6) is 0 Å². The molecule has 0 fully saturated rings. The molecule has 1 aromatic rings. The molecule has 2 N–H and O–H groups in total. The van der Waals surface area contributed by atoms with E-state index in [1.165, 1.54) is 0 Å². The molecule has 0 heterocycles. The fourth-order valence-electron chi connectivity index (χ4n) is 1.49. The van der Waals surface area contributed by atoms with Gasteiger partial charge in [-0.1, -0.05) is 44.2 Å². The van der Waals surface area contributed by atoms with Crippen molar-refractivity contribution >= 4 is 0 Å². The molecule has 0 aromatic heterocycles. The van der Waals surface area contributed by atoms with Gasteiger partial charge in [0.25, 0.3) is 0 Å². The summed E-state index contributed by atoms with van der Waals surface area (Å²) < 4.78 is 0. The molecule has 0 aliphatic carbocycles. The summed E-state index contributed by atoms with van der Waals surface area (Å²) in [6.07, 6.45) is 0. The van der Waals surface area contributed by atoms with Gasteiger partial charge in [-0.15, -0.1) is 0 Å². The second-order valence-electron chi connectivity index (χ2n) is 5.05. The van der Waals surface area contributed by atoms with Gasteiger partial charge in [-0.05, 0) is 25.3 Å². The molecule has 0 radical (unpaired) electrons. The summed E-state index contributed by atoms with van der Waals surface area (Å²) in [7, 11) is 0. The lowest BCUT2D eigenvalue weighted by atomic mass is 9.95. The Balaban J connectivity index is 2.59. The maximum Gasteiger partial charge on any atom is 0.0992 e. The number of hydrogen-bond donors (Lipinski definition) is 2. The van der Waals surface area contributed by atoms with E-state index in [0.29, 0.717) is 18.5 Å². The average molecular weight is 221 g/mol. The van der Waals surface area contributed by atoms with E-state index < -0.39 is 5.60 Å². The first kappa shape index (κ1) is 13.2. The van der Waals surface area contributed by atoms with E-state index in [0.717, 1.165) is 5.56 Å². The highest BCUT2D eigenvalue weighted by Gasteiger charge is 2.23. The summed E-state index contributed by atoms with van der Waals surface area (Å²) >= 11 is 0. The van der Waals surface area contributed by atoms with Crippen LogP contribution in [0, 0.1) is 5.92 Å². The van der Waals surface area contributed by atoms with Crippen molar-refractivity contribution in [1.29, 1.82) is 0 Å². The highest BCUT2D eigenvalue weighted by molar-refractivity contribution is 5.21. The van der Waals surface area contributed by atoms with E-state index in [1.54, 1.807) is 0 Å². The van der Waals surface area contributed by atoms with Crippen LogP contribution in [0.25, 0.3) is 0 Å². The number of rotatable bonds is 5. The third kappa shape index (κ3) is 3.62. The molecule has 1 aromatic carbocycles. The highest BCUT2D eigenvalue weighted by Crippen LogP contribution is 2.19. The zero-order chi connectivity index (χ0) is 12.2. The van der Waals surface area contributed by atoms with Crippen molar-refractivity contribution in [3.05, 3.63) is 35.9 Å². The van der Waals surface area contributed by atoms with E-state index >= 15 is 0 Å². The minimum atomic E-state index is -0.801. The SMILES string of the molecule is CC(C)C(C)NCC(C)(O)c1ccccc1. The monoisotopic (exact) mass is 221 g/mol. The van der Waals surface area contributed by atoms with Gasteiger partial charge in [0.2, 0.25) is 0 Å². The van der Waals surface area contributed by atoms with E-state index in [2.05, 4.69) is 26.1 Å². The Morgan fingerprint density at radius 1 is 1.19 bits per heavy atom. The summed E-state index contributed by atoms with van der Waals surface area (Å²) in [6.45, 7) is 8.92. The molecular weight excluding hydrogens is 198 g/mol. The van der Waals surface area contributed by atoms with Crippen molar-refractivity contribution in [2.75, 3.05) is 6.54 Å². The predicted octanol–water partition coefficient (Wildman–Crippen LogP) is 2.53. The molecule has 0 aliphatic heterocycles. The number of nitrogens with one attached hydrogen (secondary N) is 1. The Kier molecular flexibility index (Phi) is 4.51. The fourth-order valence-corrected chi connectivity index (χ4v) is 1.49. The van der Waals surface area contributed by atoms with Gasteiger partial charge in [0.05, 0.1) is 5.60 Å². The molecule has 2 nitrogen and oxygen atoms in total. The number of benzene rings is 1. The van der Waals surface area contributed by atoms with Gasteiger partial charge in [-0.25, -0.2) is 0 Å². The topological polar surface area (TPSA) is 32.3 Å². The molecule has 2 atom stereocenters. The van der Waals surface area contributed by atoms with Crippen LogP contribution in [0.1, 0.15) is 33.3 Å². The smallest absolute Gasteiger partial charge is 0.0992 e. The Hall–Kier alpha value is -0.860. The summed E-state index contributed by atoms with van der Waals surface area (Å²) in [5.74, 6) is 0.576. The standard InChI is InChI=1S/C14H23NO/c1-11(2)12(3)15-10-14(4,16)13-8-6-5-7-9-13/h5-9,11-12,15-16H,10H2,1-4H3. The lowest BCUT2D eigenvalue weighted by Crippen LogP contribution is -2.41. The third-order valence-corrected chi connectivity index (χ3v) is 3.16. The minimum absolute atomic E-state index is 0.412. The van der Waals surface area contributed by atoms with Crippen LogP contribution in [0.15, 0.2) is 30.3 Å². The Bertz CT molecular complexity index is 306. The molecule has 0 saturated carbocycles. The second kappa shape index (κ2) is 5.46. The van der Waals surface area contributed by atoms with Crippen LogP contribution < -0.4 is 5.32 Å². The normalized spacial score (nSPS) is 17.1. The Labute approximate surface area is 98.7 Å². The summed E-state index contributed by atoms with van der Waals surface area (Å²) in [6, 6.07) is 10.2. The predicted molar refractivity (Wildman–Crippen MR) is 68.3 cm³/mol. The summed E-state index contributed by atoms with van der Waals surface area (Å²) in [5, 5.41) is 13.7. The van der Waals surface area contributed by atoms with Gasteiger partial charge in [0, 0.05) is 12.6 Å². The van der Waals surface area contributed by atoms with Crippen molar-refractivity contribution in [1.82, 2.24) is 5.32 Å². The quantitative estimate of drug-likeness (QED) is 0.801. The Morgan fingerprint density at radius 3 is 2.25 bits per heavy atom. The second-order valence-corrected chi connectivity index (χ2v) is 5.05. The van der Waals surface area contributed by atoms with E-state index in [4.69, 9.17) is 0 Å². The molecule has 0 saturated heterocycles. The van der Waals surface area contributed by atoms with Gasteiger partial charge < -0.3 is 10.4 Å². The van der Waals surface area contributed by atoms with E-state index in [1.807, 2.05) is 37.3 Å². The molecule has 0 aliphatic rings. The van der Waals surface area contributed by atoms with Crippen molar-refractivity contribution in [2.45, 2.75) is 39.3 Å². The van der Waals surface area contributed by atoms with Crippen LogP contribution in [0.3, 0.4) is 0 Å². The summed E-state index contributed by atoms with van der Waals surface area (Å²) in [4.78, 5) is 0. The third-order valence-electron chi connectivity index (χ3n) is 3.16. The maximum atomic E-state index is 10.4. The maximum absolute atomic E-state index is 10.4. The average Bonchev–Trinajstić information content (AvgIpc) is 2.27. The van der Waals surface area contributed by atoms with E-state index in [-0.39, 0.29) is 0 Å². The van der Waals surface area contributed by atoms with Gasteiger partial charge in [0.1, 0.15) is 0 Å². The summed E-state index contributed by atoms with van der Waals surface area (Å²) in [5.41, 5.74) is 0.156. The number of aliphatic hydroxyl groups is 1. The van der Waals surface area contributed by atoms with Crippen molar-refractivity contribution in [3.8, 4) is 0 Å². The molecule has 90 valence electrons. The largest absolute Gasteiger partial charge is 0.384 e. The molecule has 0 spiro atoms. The first-order chi connectivity index (χ1) is 7.43. The molecule has 0 bridgehead atoms. The molecule has 16 heavy (non-hydrogen) atoms. The molecule has 2 unspecified atom stereocenters. The molecule has 1 rings (SSSR count). The lowest BCUT2D eigenvalue weighted by Gasteiger charge is -2.27. The van der Waals surface area contributed by atoms with Crippen molar-refractivity contribution in [2.24, 2.45) is 5.92 Å². The number of hydrogen-bond acceptors (Lipinski definition) is 2. The first-order valence-electron chi connectivity index (χ1n) is 5.95. The zero-order valence-corrected chi connectivity index (χ0v) is 10.7. The van der Waals surface area contributed by atoms with E-state index in [9.17, 15) is 5.11 Å². The molecular formula is C14H23NO. The van der Waals surface area contributed by atoms with Gasteiger partial charge >= 0.3 is 0 Å². The molecule has 0 amide bonds. The first-order valence-corrected chi connectivity index (χ1v) is 5.95. The van der Waals surface area contributed by atoms with Crippen LogP contribution in [0.4, 0.5) is 0 Å². The van der Waals surface area contributed by atoms with Gasteiger partial charge in [-0.2, -0.15) is 0 Å². The van der Waals surface area contributed by atoms with Crippen LogP contribution >= 0.6 is 0 Å². The van der Waals surface area contributed by atoms with Crippen LogP contribution in [-0.2, 0) is 5.60 Å². The van der Waals surface area contributed by atoms with Gasteiger partial charge in [-0.3, -0.25) is 0 Å².